The van der Waals surface area contributed by atoms with E-state index in [1.807, 2.05) is 37.4 Å². The molecule has 1 saturated heterocycles. The van der Waals surface area contributed by atoms with E-state index in [9.17, 15) is 4.79 Å². The number of rotatable bonds is 5. The number of fused-ring (bicyclic) bond motifs is 1. The zero-order chi connectivity index (χ0) is 21.2. The molecule has 0 radical (unpaired) electrons. The van der Waals surface area contributed by atoms with Gasteiger partial charge >= 0.3 is 0 Å². The van der Waals surface area contributed by atoms with Crippen molar-refractivity contribution in [3.05, 3.63) is 70.5 Å². The smallest absolute Gasteiger partial charge is 0.251 e. The van der Waals surface area contributed by atoms with Crippen LogP contribution in [0.3, 0.4) is 0 Å². The molecular weight excluding hydrogens is 392 g/mol. The number of nitrogens with one attached hydrogen (secondary N) is 1. The molecular formula is C23H24N6O2. The molecule has 4 aromatic rings. The topological polar surface area (TPSA) is 91.2 Å². The zero-order valence-electron chi connectivity index (χ0n) is 17.4. The van der Waals surface area contributed by atoms with E-state index in [0.717, 1.165) is 60.4 Å². The quantitative estimate of drug-likeness (QED) is 0.535. The van der Waals surface area contributed by atoms with Crippen molar-refractivity contribution in [2.24, 2.45) is 0 Å². The van der Waals surface area contributed by atoms with Gasteiger partial charge in [-0.25, -0.2) is 0 Å². The van der Waals surface area contributed by atoms with E-state index in [0.29, 0.717) is 12.3 Å². The number of H-pyrrole nitrogens is 1. The number of pyridine rings is 2. The van der Waals surface area contributed by atoms with Gasteiger partial charge in [-0.05, 0) is 48.4 Å². The lowest BCUT2D eigenvalue weighted by molar-refractivity contribution is 0.249. The van der Waals surface area contributed by atoms with Crippen LogP contribution in [0.25, 0.3) is 22.5 Å². The number of anilines is 1. The Morgan fingerprint density at radius 2 is 1.90 bits per heavy atom. The number of hydrogen-bond donors (Lipinski definition) is 1. The van der Waals surface area contributed by atoms with E-state index >= 15 is 0 Å². The van der Waals surface area contributed by atoms with Gasteiger partial charge < -0.3 is 14.3 Å². The summed E-state index contributed by atoms with van der Waals surface area (Å²) in [5.74, 6) is 0.535. The van der Waals surface area contributed by atoms with E-state index < -0.39 is 0 Å². The first kappa shape index (κ1) is 19.4. The van der Waals surface area contributed by atoms with Gasteiger partial charge in [-0.15, -0.1) is 10.2 Å². The summed E-state index contributed by atoms with van der Waals surface area (Å²) < 4.78 is 5.25. The van der Waals surface area contributed by atoms with Crippen LogP contribution in [0, 0.1) is 0 Å². The fraction of sp³-hybridized carbons (Fsp3) is 0.304. The van der Waals surface area contributed by atoms with Crippen molar-refractivity contribution in [3.63, 3.8) is 0 Å². The van der Waals surface area contributed by atoms with Crippen molar-refractivity contribution in [2.45, 2.75) is 19.9 Å². The second kappa shape index (κ2) is 8.31. The normalized spacial score (nSPS) is 14.9. The van der Waals surface area contributed by atoms with Gasteiger partial charge in [0.2, 0.25) is 12.3 Å². The molecule has 31 heavy (non-hydrogen) atoms. The maximum Gasteiger partial charge on any atom is 0.251 e. The highest BCUT2D eigenvalue weighted by Crippen LogP contribution is 2.23. The summed E-state index contributed by atoms with van der Waals surface area (Å²) >= 11 is 0. The van der Waals surface area contributed by atoms with Crippen molar-refractivity contribution >= 4 is 16.7 Å². The van der Waals surface area contributed by atoms with E-state index in [1.165, 1.54) is 12.1 Å². The van der Waals surface area contributed by atoms with Crippen molar-refractivity contribution in [1.82, 2.24) is 25.1 Å². The van der Waals surface area contributed by atoms with E-state index in [4.69, 9.17) is 4.42 Å². The minimum absolute atomic E-state index is 0.0207. The standard InChI is InChI=1S/C23H24N6O2/c1-2-17-12-20-21(26-22(17)30)11-16(13-24-20)14-28-7-9-29(10-8-28)19-5-3-18(4-6-19)23-27-25-15-31-23/h3-6,11-13,15H,2,7-10,14H2,1H3,(H,26,30). The first-order valence-corrected chi connectivity index (χ1v) is 10.5. The van der Waals surface area contributed by atoms with Gasteiger partial charge in [-0.3, -0.25) is 14.7 Å². The average molecular weight is 416 g/mol. The summed E-state index contributed by atoms with van der Waals surface area (Å²) in [4.78, 5) is 24.5. The first-order chi connectivity index (χ1) is 15.2. The molecule has 4 heterocycles. The molecule has 1 N–H and O–H groups in total. The fourth-order valence-corrected chi connectivity index (χ4v) is 4.05. The number of hydrogen-bond acceptors (Lipinski definition) is 7. The van der Waals surface area contributed by atoms with Crippen molar-refractivity contribution in [1.29, 1.82) is 0 Å². The number of aryl methyl sites for hydroxylation is 1. The van der Waals surface area contributed by atoms with Crippen LogP contribution in [-0.4, -0.2) is 51.2 Å². The highest BCUT2D eigenvalue weighted by molar-refractivity contribution is 5.74. The Morgan fingerprint density at radius 1 is 1.10 bits per heavy atom. The number of benzene rings is 1. The summed E-state index contributed by atoms with van der Waals surface area (Å²) in [6.07, 6.45) is 3.97. The molecule has 0 unspecified atom stereocenters. The Kier molecular flexibility index (Phi) is 5.21. The van der Waals surface area contributed by atoms with Gasteiger partial charge in [-0.2, -0.15) is 0 Å². The molecule has 0 spiro atoms. The highest BCUT2D eigenvalue weighted by atomic mass is 16.4. The predicted molar refractivity (Wildman–Crippen MR) is 119 cm³/mol. The van der Waals surface area contributed by atoms with Gasteiger partial charge in [0.05, 0.1) is 11.0 Å². The summed E-state index contributed by atoms with van der Waals surface area (Å²) in [7, 11) is 0. The Bertz CT molecular complexity index is 1230. The average Bonchev–Trinajstić information content (AvgIpc) is 3.34. The lowest BCUT2D eigenvalue weighted by atomic mass is 10.1. The second-order valence-electron chi connectivity index (χ2n) is 7.81. The molecule has 1 aliphatic rings. The third-order valence-electron chi connectivity index (χ3n) is 5.82. The van der Waals surface area contributed by atoms with Crippen molar-refractivity contribution in [2.75, 3.05) is 31.1 Å². The Labute approximate surface area is 179 Å². The zero-order valence-corrected chi connectivity index (χ0v) is 17.4. The molecule has 158 valence electrons. The molecule has 0 atom stereocenters. The molecule has 0 bridgehead atoms. The van der Waals surface area contributed by atoms with Gasteiger partial charge in [0.1, 0.15) is 0 Å². The summed E-state index contributed by atoms with van der Waals surface area (Å²) in [5, 5.41) is 7.68. The van der Waals surface area contributed by atoms with Crippen LogP contribution >= 0.6 is 0 Å². The van der Waals surface area contributed by atoms with Crippen molar-refractivity contribution < 1.29 is 4.42 Å². The lowest BCUT2D eigenvalue weighted by Gasteiger charge is -2.36. The fourth-order valence-electron chi connectivity index (χ4n) is 4.05. The van der Waals surface area contributed by atoms with Crippen LogP contribution < -0.4 is 10.5 Å². The third-order valence-corrected chi connectivity index (χ3v) is 5.82. The van der Waals surface area contributed by atoms with Crippen LogP contribution in [0.15, 0.2) is 58.2 Å². The molecule has 1 aromatic carbocycles. The molecule has 0 aliphatic carbocycles. The maximum atomic E-state index is 12.1. The summed E-state index contributed by atoms with van der Waals surface area (Å²) in [6.45, 7) is 6.65. The van der Waals surface area contributed by atoms with E-state index in [1.54, 1.807) is 0 Å². The van der Waals surface area contributed by atoms with Gasteiger partial charge in [0.15, 0.2) is 0 Å². The SMILES string of the molecule is CCc1cc2ncc(CN3CCN(c4ccc(-c5nnco5)cc4)CC3)cc2[nH]c1=O. The Balaban J connectivity index is 1.22. The highest BCUT2D eigenvalue weighted by Gasteiger charge is 2.18. The van der Waals surface area contributed by atoms with E-state index in [-0.39, 0.29) is 5.56 Å². The first-order valence-electron chi connectivity index (χ1n) is 10.5. The molecule has 1 aliphatic heterocycles. The largest absolute Gasteiger partial charge is 0.423 e. The lowest BCUT2D eigenvalue weighted by Crippen LogP contribution is -2.45. The van der Waals surface area contributed by atoms with Crippen molar-refractivity contribution in [3.8, 4) is 11.5 Å². The van der Waals surface area contributed by atoms with Gasteiger partial charge in [-0.1, -0.05) is 6.92 Å². The number of aromatic amines is 1. The maximum absolute atomic E-state index is 12.1. The number of nitrogens with zero attached hydrogens (tertiary/aromatic N) is 5. The molecule has 1 fully saturated rings. The van der Waals surface area contributed by atoms with Crippen LogP contribution in [0.5, 0.6) is 0 Å². The van der Waals surface area contributed by atoms with Crippen LogP contribution in [0.4, 0.5) is 5.69 Å². The summed E-state index contributed by atoms with van der Waals surface area (Å²) in [6, 6.07) is 12.2. The van der Waals surface area contributed by atoms with Gasteiger partial charge in [0, 0.05) is 55.7 Å². The molecule has 0 amide bonds. The molecule has 5 rings (SSSR count). The third kappa shape index (κ3) is 4.06. The van der Waals surface area contributed by atoms with Crippen LogP contribution in [0.2, 0.25) is 0 Å². The van der Waals surface area contributed by atoms with Crippen LogP contribution in [-0.2, 0) is 13.0 Å². The Hall–Kier alpha value is -3.52. The minimum atomic E-state index is -0.0207. The van der Waals surface area contributed by atoms with E-state index in [2.05, 4.69) is 42.1 Å². The number of piperazine rings is 1. The molecule has 8 nitrogen and oxygen atoms in total. The molecule has 8 heteroatoms. The Morgan fingerprint density at radius 3 is 2.61 bits per heavy atom. The monoisotopic (exact) mass is 416 g/mol. The molecule has 0 saturated carbocycles. The summed E-state index contributed by atoms with van der Waals surface area (Å²) in [5.41, 5.74) is 5.63. The van der Waals surface area contributed by atoms with Crippen LogP contribution in [0.1, 0.15) is 18.1 Å². The minimum Gasteiger partial charge on any atom is -0.423 e. The number of aromatic nitrogens is 4. The predicted octanol–water partition coefficient (Wildman–Crippen LogP) is 2.86. The second-order valence-corrected chi connectivity index (χ2v) is 7.81. The van der Waals surface area contributed by atoms with Gasteiger partial charge in [0.25, 0.3) is 5.56 Å². The molecule has 3 aromatic heterocycles.